The molecule has 2 N–H and O–H groups in total. The second-order valence-electron chi connectivity index (χ2n) is 10.9. The van der Waals surface area contributed by atoms with Crippen molar-refractivity contribution in [3.05, 3.63) is 71.8 Å². The first-order valence-electron chi connectivity index (χ1n) is 13.7. The quantitative estimate of drug-likeness (QED) is 0.429. The molecule has 0 spiro atoms. The molecule has 0 saturated carbocycles. The van der Waals surface area contributed by atoms with Crippen molar-refractivity contribution in [1.82, 2.24) is 15.3 Å². The third kappa shape index (κ3) is 6.72. The van der Waals surface area contributed by atoms with Gasteiger partial charge in [0.2, 0.25) is 5.95 Å². The molecule has 0 bridgehead atoms. The maximum absolute atomic E-state index is 5.63. The van der Waals surface area contributed by atoms with E-state index in [1.807, 2.05) is 0 Å². The molecule has 5 rings (SSSR count). The van der Waals surface area contributed by atoms with Gasteiger partial charge in [0.25, 0.3) is 0 Å². The van der Waals surface area contributed by atoms with Gasteiger partial charge in [-0.15, -0.1) is 0 Å². The molecule has 0 aliphatic carbocycles. The lowest BCUT2D eigenvalue weighted by molar-refractivity contribution is 0.355. The molecule has 3 aromatic rings. The molecule has 3 heterocycles. The van der Waals surface area contributed by atoms with Gasteiger partial charge >= 0.3 is 0 Å². The largest absolute Gasteiger partial charge is 0.368 e. The van der Waals surface area contributed by atoms with Crippen molar-refractivity contribution in [2.24, 2.45) is 11.8 Å². The summed E-state index contributed by atoms with van der Waals surface area (Å²) in [7, 11) is 0. The third-order valence-corrected chi connectivity index (χ3v) is 7.66. The molecular formula is C30H39N7S. The summed E-state index contributed by atoms with van der Waals surface area (Å²) in [6, 6.07) is 21.3. The number of aryl methyl sites for hydroxylation is 1. The number of hydrogen-bond donors (Lipinski definition) is 2. The molecule has 7 nitrogen and oxygen atoms in total. The molecule has 2 saturated heterocycles. The summed E-state index contributed by atoms with van der Waals surface area (Å²) in [5.41, 5.74) is 3.71. The first kappa shape index (κ1) is 26.2. The lowest BCUT2D eigenvalue weighted by Gasteiger charge is -2.38. The number of piperidine rings is 1. The highest BCUT2D eigenvalue weighted by molar-refractivity contribution is 7.80. The molecule has 38 heavy (non-hydrogen) atoms. The Hall–Kier alpha value is -3.39. The van der Waals surface area contributed by atoms with Crippen LogP contribution in [0.2, 0.25) is 0 Å². The lowest BCUT2D eigenvalue weighted by Crippen LogP contribution is -2.47. The fourth-order valence-corrected chi connectivity index (χ4v) is 5.68. The molecule has 2 aliphatic rings. The number of aromatic nitrogens is 2. The van der Waals surface area contributed by atoms with Gasteiger partial charge in [0.05, 0.1) is 0 Å². The molecule has 0 amide bonds. The first-order valence-corrected chi connectivity index (χ1v) is 14.1. The molecule has 200 valence electrons. The highest BCUT2D eigenvalue weighted by atomic mass is 32.1. The zero-order chi connectivity index (χ0) is 26.5. The van der Waals surface area contributed by atoms with Crippen LogP contribution < -0.4 is 25.3 Å². The van der Waals surface area contributed by atoms with Crippen LogP contribution in [0.5, 0.6) is 0 Å². The summed E-state index contributed by atoms with van der Waals surface area (Å²) >= 11 is 5.63. The van der Waals surface area contributed by atoms with E-state index in [1.165, 1.54) is 23.2 Å². The maximum Gasteiger partial charge on any atom is 0.232 e. The Balaban J connectivity index is 1.31. The van der Waals surface area contributed by atoms with E-state index in [1.54, 1.807) is 0 Å². The van der Waals surface area contributed by atoms with E-state index in [4.69, 9.17) is 22.2 Å². The summed E-state index contributed by atoms with van der Waals surface area (Å²) in [5.74, 6) is 3.76. The second kappa shape index (κ2) is 12.0. The van der Waals surface area contributed by atoms with E-state index >= 15 is 0 Å². The molecule has 1 aromatic heterocycles. The standard InChI is InChI=1S/C30H39N7S/c1-22-9-11-25(12-10-22)19-31-30(38)34-29-32-27(18-28(33-29)37-20-23(2)17-24(3)21-37)36-15-13-35(14-16-36)26-7-5-4-6-8-26/h4-12,18,23-24H,13-17,19-21H2,1-3H3,(H2,31,32,33,34,38)/t23-,24-/m0/s1. The van der Waals surface area contributed by atoms with Crippen molar-refractivity contribution in [2.75, 3.05) is 59.3 Å². The van der Waals surface area contributed by atoms with Crippen molar-refractivity contribution in [2.45, 2.75) is 33.7 Å². The molecule has 2 fully saturated rings. The van der Waals surface area contributed by atoms with E-state index < -0.39 is 0 Å². The zero-order valence-electron chi connectivity index (χ0n) is 22.7. The Morgan fingerprint density at radius 1 is 0.842 bits per heavy atom. The highest BCUT2D eigenvalue weighted by Crippen LogP contribution is 2.29. The van der Waals surface area contributed by atoms with Crippen molar-refractivity contribution in [1.29, 1.82) is 0 Å². The maximum atomic E-state index is 5.63. The normalized spacial score (nSPS) is 19.8. The van der Waals surface area contributed by atoms with Crippen LogP contribution in [-0.2, 0) is 6.54 Å². The van der Waals surface area contributed by atoms with Crippen molar-refractivity contribution >= 4 is 40.6 Å². The minimum absolute atomic E-state index is 0.531. The minimum atomic E-state index is 0.531. The number of para-hydroxylation sites is 1. The predicted octanol–water partition coefficient (Wildman–Crippen LogP) is 5.08. The molecule has 0 unspecified atom stereocenters. The SMILES string of the molecule is Cc1ccc(CNC(=S)Nc2nc(N3CCN(c4ccccc4)CC3)cc(N3C[C@@H](C)C[C@H](C)C3)n2)cc1. The predicted molar refractivity (Wildman–Crippen MR) is 162 cm³/mol. The van der Waals surface area contributed by atoms with Gasteiger partial charge in [-0.1, -0.05) is 61.9 Å². The molecular weight excluding hydrogens is 490 g/mol. The summed E-state index contributed by atoms with van der Waals surface area (Å²) < 4.78 is 0. The zero-order valence-corrected chi connectivity index (χ0v) is 23.5. The van der Waals surface area contributed by atoms with Crippen LogP contribution in [0.15, 0.2) is 60.7 Å². The Morgan fingerprint density at radius 3 is 2.11 bits per heavy atom. The number of hydrogen-bond acceptors (Lipinski definition) is 6. The van der Waals surface area contributed by atoms with Crippen molar-refractivity contribution in [3.8, 4) is 0 Å². The fraction of sp³-hybridized carbons (Fsp3) is 0.433. The van der Waals surface area contributed by atoms with Crippen LogP contribution >= 0.6 is 12.2 Å². The number of thiocarbonyl (C=S) groups is 1. The van der Waals surface area contributed by atoms with E-state index in [-0.39, 0.29) is 0 Å². The molecule has 2 aliphatic heterocycles. The van der Waals surface area contributed by atoms with Crippen LogP contribution in [0.4, 0.5) is 23.3 Å². The number of rotatable bonds is 6. The van der Waals surface area contributed by atoms with Gasteiger partial charge in [-0.3, -0.25) is 0 Å². The summed E-state index contributed by atoms with van der Waals surface area (Å²) in [4.78, 5) is 17.1. The third-order valence-electron chi connectivity index (χ3n) is 7.42. The van der Waals surface area contributed by atoms with E-state index in [2.05, 4.69) is 107 Å². The summed E-state index contributed by atoms with van der Waals surface area (Å²) in [6.45, 7) is 13.2. The Bertz CT molecular complexity index is 1200. The monoisotopic (exact) mass is 529 g/mol. The van der Waals surface area contributed by atoms with E-state index in [9.17, 15) is 0 Å². The van der Waals surface area contributed by atoms with E-state index in [0.717, 1.165) is 50.9 Å². The van der Waals surface area contributed by atoms with Gasteiger partial charge < -0.3 is 25.3 Å². The summed E-state index contributed by atoms with van der Waals surface area (Å²) in [5, 5.41) is 7.11. The first-order chi connectivity index (χ1) is 18.4. The van der Waals surface area contributed by atoms with Gasteiger partial charge in [-0.2, -0.15) is 9.97 Å². The van der Waals surface area contributed by atoms with Crippen molar-refractivity contribution in [3.63, 3.8) is 0 Å². The second-order valence-corrected chi connectivity index (χ2v) is 11.3. The average Bonchev–Trinajstić information content (AvgIpc) is 2.93. The van der Waals surface area contributed by atoms with Gasteiger partial charge in [0.15, 0.2) is 5.11 Å². The van der Waals surface area contributed by atoms with Crippen molar-refractivity contribution < 1.29 is 0 Å². The van der Waals surface area contributed by atoms with Crippen LogP contribution in [-0.4, -0.2) is 54.3 Å². The Labute approximate surface area is 232 Å². The number of piperazine rings is 1. The molecule has 2 atom stereocenters. The number of benzene rings is 2. The molecule has 2 aromatic carbocycles. The van der Waals surface area contributed by atoms with Gasteiger partial charge in [-0.25, -0.2) is 0 Å². The Kier molecular flexibility index (Phi) is 8.27. The summed E-state index contributed by atoms with van der Waals surface area (Å²) in [6.07, 6.45) is 1.26. The van der Waals surface area contributed by atoms with Crippen LogP contribution in [0.1, 0.15) is 31.4 Å². The Morgan fingerprint density at radius 2 is 1.45 bits per heavy atom. The lowest BCUT2D eigenvalue weighted by atomic mass is 9.92. The number of nitrogens with one attached hydrogen (secondary N) is 2. The van der Waals surface area contributed by atoms with Crippen LogP contribution in [0, 0.1) is 18.8 Å². The van der Waals surface area contributed by atoms with Gasteiger partial charge in [-0.05, 0) is 55.1 Å². The smallest absolute Gasteiger partial charge is 0.232 e. The van der Waals surface area contributed by atoms with Crippen LogP contribution in [0.25, 0.3) is 0 Å². The molecule has 0 radical (unpaired) electrons. The topological polar surface area (TPSA) is 59.6 Å². The van der Waals surface area contributed by atoms with E-state index in [0.29, 0.717) is 29.4 Å². The highest BCUT2D eigenvalue weighted by Gasteiger charge is 2.25. The van der Waals surface area contributed by atoms with Crippen LogP contribution in [0.3, 0.4) is 0 Å². The average molecular weight is 530 g/mol. The molecule has 8 heteroatoms. The number of anilines is 4. The van der Waals surface area contributed by atoms with Gasteiger partial charge in [0, 0.05) is 57.6 Å². The van der Waals surface area contributed by atoms with Gasteiger partial charge in [0.1, 0.15) is 11.6 Å². The minimum Gasteiger partial charge on any atom is -0.368 e. The number of nitrogens with zero attached hydrogens (tertiary/aromatic N) is 5. The fourth-order valence-electron chi connectivity index (χ4n) is 5.52.